The summed E-state index contributed by atoms with van der Waals surface area (Å²) in [5.74, 6) is 0.881. The first-order valence-corrected chi connectivity index (χ1v) is 8.59. The summed E-state index contributed by atoms with van der Waals surface area (Å²) in [5, 5.41) is 2.90. The molecule has 2 rings (SSSR count). The molecule has 0 unspecified atom stereocenters. The highest BCUT2D eigenvalue weighted by Crippen LogP contribution is 2.27. The summed E-state index contributed by atoms with van der Waals surface area (Å²) in [5.41, 5.74) is 2.68. The van der Waals surface area contributed by atoms with Gasteiger partial charge in [-0.15, -0.1) is 11.3 Å². The number of amides is 1. The average Bonchev–Trinajstić information content (AvgIpc) is 2.93. The van der Waals surface area contributed by atoms with Crippen molar-refractivity contribution in [3.05, 3.63) is 45.9 Å². The van der Waals surface area contributed by atoms with Crippen LogP contribution in [0.15, 0.2) is 29.6 Å². The Balaban J connectivity index is 2.24. The van der Waals surface area contributed by atoms with Gasteiger partial charge in [-0.2, -0.15) is 0 Å². The Kier molecular flexibility index (Phi) is 5.35. The van der Waals surface area contributed by atoms with Crippen molar-refractivity contribution in [2.45, 2.75) is 40.0 Å². The largest absolute Gasteiger partial charge is 0.310 e. The average molecular weight is 316 g/mol. The Morgan fingerprint density at radius 3 is 2.55 bits per heavy atom. The van der Waals surface area contributed by atoms with Crippen LogP contribution in [0.4, 0.5) is 5.69 Å². The number of hydrogen-bond donors (Lipinski definition) is 0. The van der Waals surface area contributed by atoms with E-state index in [4.69, 9.17) is 0 Å². The third-order valence-corrected chi connectivity index (χ3v) is 4.45. The van der Waals surface area contributed by atoms with Crippen LogP contribution in [-0.2, 0) is 6.42 Å². The van der Waals surface area contributed by atoms with Crippen LogP contribution in [0.2, 0.25) is 0 Å². The Bertz CT molecular complexity index is 646. The maximum absolute atomic E-state index is 12.7. The zero-order valence-corrected chi connectivity index (χ0v) is 14.8. The van der Waals surface area contributed by atoms with Gasteiger partial charge in [0.1, 0.15) is 5.69 Å². The normalized spacial score (nSPS) is 11.2. The molecular formula is C18H24N2OS. The maximum atomic E-state index is 12.7. The summed E-state index contributed by atoms with van der Waals surface area (Å²) in [7, 11) is 1.82. The summed E-state index contributed by atoms with van der Waals surface area (Å²) in [6.07, 6.45) is 0.921. The number of rotatable bonds is 5. The minimum Gasteiger partial charge on any atom is -0.310 e. The quantitative estimate of drug-likeness (QED) is 0.798. The van der Waals surface area contributed by atoms with Gasteiger partial charge < -0.3 is 4.90 Å². The molecule has 0 N–H and O–H groups in total. The Morgan fingerprint density at radius 2 is 1.91 bits per heavy atom. The lowest BCUT2D eigenvalue weighted by Gasteiger charge is -2.21. The van der Waals surface area contributed by atoms with Gasteiger partial charge in [0.05, 0.1) is 5.01 Å². The van der Waals surface area contributed by atoms with Gasteiger partial charge in [-0.3, -0.25) is 4.79 Å². The van der Waals surface area contributed by atoms with Gasteiger partial charge in [0.2, 0.25) is 0 Å². The number of benzene rings is 1. The van der Waals surface area contributed by atoms with Gasteiger partial charge in [-0.05, 0) is 23.5 Å². The van der Waals surface area contributed by atoms with Crippen LogP contribution in [0, 0.1) is 5.92 Å². The van der Waals surface area contributed by atoms with E-state index in [1.807, 2.05) is 30.6 Å². The van der Waals surface area contributed by atoms with Crippen LogP contribution < -0.4 is 4.90 Å². The summed E-state index contributed by atoms with van der Waals surface area (Å²) in [6, 6.07) is 8.06. The van der Waals surface area contributed by atoms with Crippen LogP contribution >= 0.6 is 11.3 Å². The minimum atomic E-state index is -0.0423. The lowest BCUT2D eigenvalue weighted by Crippen LogP contribution is -2.27. The second-order valence-electron chi connectivity index (χ2n) is 6.30. The second kappa shape index (κ2) is 7.05. The third kappa shape index (κ3) is 3.74. The Hall–Kier alpha value is -1.68. The molecule has 22 heavy (non-hydrogen) atoms. The summed E-state index contributed by atoms with van der Waals surface area (Å²) >= 11 is 1.57. The molecule has 0 bridgehead atoms. The van der Waals surface area contributed by atoms with Crippen LogP contribution in [0.1, 0.15) is 54.7 Å². The lowest BCUT2D eigenvalue weighted by atomic mass is 10.0. The number of para-hydroxylation sites is 1. The maximum Gasteiger partial charge on any atom is 0.277 e. The van der Waals surface area contributed by atoms with E-state index in [9.17, 15) is 4.79 Å². The number of carbonyl (C=O) groups excluding carboxylic acids is 1. The van der Waals surface area contributed by atoms with Crippen LogP contribution in [0.25, 0.3) is 0 Å². The summed E-state index contributed by atoms with van der Waals surface area (Å²) in [6.45, 7) is 8.60. The monoisotopic (exact) mass is 316 g/mol. The van der Waals surface area contributed by atoms with Crippen LogP contribution in [-0.4, -0.2) is 17.9 Å². The molecule has 0 atom stereocenters. The van der Waals surface area contributed by atoms with E-state index < -0.39 is 0 Å². The van der Waals surface area contributed by atoms with Gasteiger partial charge in [0, 0.05) is 24.5 Å². The van der Waals surface area contributed by atoms with E-state index in [-0.39, 0.29) is 5.91 Å². The predicted molar refractivity (Wildman–Crippen MR) is 93.9 cm³/mol. The van der Waals surface area contributed by atoms with E-state index >= 15 is 0 Å². The number of anilines is 1. The van der Waals surface area contributed by atoms with Gasteiger partial charge in [0.15, 0.2) is 0 Å². The zero-order chi connectivity index (χ0) is 16.3. The highest BCUT2D eigenvalue weighted by Gasteiger charge is 2.20. The fourth-order valence-electron chi connectivity index (χ4n) is 2.41. The molecule has 1 aromatic heterocycles. The van der Waals surface area contributed by atoms with Gasteiger partial charge in [-0.25, -0.2) is 4.98 Å². The van der Waals surface area contributed by atoms with Crippen molar-refractivity contribution >= 4 is 22.9 Å². The number of aromatic nitrogens is 1. The van der Waals surface area contributed by atoms with Gasteiger partial charge >= 0.3 is 0 Å². The molecule has 1 amide bonds. The standard InChI is InChI=1S/C18H24N2OS/c1-12(2)10-17-19-15(11-22-17)18(21)20(5)16-9-7-6-8-14(16)13(3)4/h6-9,11-13H,10H2,1-5H3. The molecule has 0 aliphatic heterocycles. The smallest absolute Gasteiger partial charge is 0.277 e. The van der Waals surface area contributed by atoms with Crippen LogP contribution in [0.5, 0.6) is 0 Å². The first-order chi connectivity index (χ1) is 10.4. The molecule has 0 saturated heterocycles. The Labute approximate surface area is 137 Å². The first-order valence-electron chi connectivity index (χ1n) is 7.71. The fourth-order valence-corrected chi connectivity index (χ4v) is 3.40. The third-order valence-electron chi connectivity index (χ3n) is 3.58. The zero-order valence-electron chi connectivity index (χ0n) is 14.0. The molecule has 0 spiro atoms. The lowest BCUT2D eigenvalue weighted by molar-refractivity contribution is 0.0988. The van der Waals surface area contributed by atoms with Crippen molar-refractivity contribution in [2.24, 2.45) is 5.92 Å². The second-order valence-corrected chi connectivity index (χ2v) is 7.24. The SMILES string of the molecule is CC(C)Cc1nc(C(=O)N(C)c2ccccc2C(C)C)cs1. The minimum absolute atomic E-state index is 0.0423. The van der Waals surface area contributed by atoms with E-state index in [0.717, 1.165) is 17.1 Å². The summed E-state index contributed by atoms with van der Waals surface area (Å²) < 4.78 is 0. The van der Waals surface area contributed by atoms with Crippen molar-refractivity contribution in [3.63, 3.8) is 0 Å². The highest BCUT2D eigenvalue weighted by atomic mass is 32.1. The Morgan fingerprint density at radius 1 is 1.23 bits per heavy atom. The molecular weight excluding hydrogens is 292 g/mol. The van der Waals surface area contributed by atoms with Crippen molar-refractivity contribution in [2.75, 3.05) is 11.9 Å². The molecule has 118 valence electrons. The van der Waals surface area contributed by atoms with E-state index in [1.54, 1.807) is 16.2 Å². The highest BCUT2D eigenvalue weighted by molar-refractivity contribution is 7.09. The number of carbonyl (C=O) groups is 1. The summed E-state index contributed by atoms with van der Waals surface area (Å²) in [4.78, 5) is 18.9. The van der Waals surface area contributed by atoms with Gasteiger partial charge in [0.25, 0.3) is 5.91 Å². The van der Waals surface area contributed by atoms with Crippen molar-refractivity contribution in [3.8, 4) is 0 Å². The fraction of sp³-hybridized carbons (Fsp3) is 0.444. The molecule has 0 aliphatic rings. The molecule has 0 aliphatic carbocycles. The number of thiazole rings is 1. The molecule has 0 radical (unpaired) electrons. The van der Waals surface area contributed by atoms with Crippen LogP contribution in [0.3, 0.4) is 0 Å². The van der Waals surface area contributed by atoms with E-state index in [1.165, 1.54) is 5.56 Å². The van der Waals surface area contributed by atoms with E-state index in [0.29, 0.717) is 17.5 Å². The van der Waals surface area contributed by atoms with Crippen molar-refractivity contribution in [1.29, 1.82) is 0 Å². The molecule has 0 fully saturated rings. The molecule has 0 saturated carbocycles. The number of nitrogens with zero attached hydrogens (tertiary/aromatic N) is 2. The molecule has 3 nitrogen and oxygen atoms in total. The van der Waals surface area contributed by atoms with Crippen molar-refractivity contribution in [1.82, 2.24) is 4.98 Å². The first kappa shape index (κ1) is 16.7. The molecule has 1 heterocycles. The molecule has 1 aromatic carbocycles. The van der Waals surface area contributed by atoms with Crippen molar-refractivity contribution < 1.29 is 4.79 Å². The van der Waals surface area contributed by atoms with E-state index in [2.05, 4.69) is 38.7 Å². The molecule has 2 aromatic rings. The molecule has 4 heteroatoms. The van der Waals surface area contributed by atoms with Gasteiger partial charge in [-0.1, -0.05) is 45.9 Å². The topological polar surface area (TPSA) is 33.2 Å². The predicted octanol–water partition coefficient (Wildman–Crippen LogP) is 4.74. The number of hydrogen-bond acceptors (Lipinski definition) is 3.